The summed E-state index contributed by atoms with van der Waals surface area (Å²) in [6.07, 6.45) is 0.958. The molecule has 1 amide bonds. The molecule has 0 aliphatic rings. The van der Waals surface area contributed by atoms with E-state index in [0.717, 1.165) is 12.1 Å². The zero-order chi connectivity index (χ0) is 25.9. The molecule has 0 aliphatic carbocycles. The average molecular weight is 513 g/mol. The third-order valence-corrected chi connectivity index (χ3v) is 5.82. The van der Waals surface area contributed by atoms with Crippen molar-refractivity contribution in [2.45, 2.75) is 13.3 Å². The number of nitro benzene ring substituents is 1. The first-order valence-corrected chi connectivity index (χ1v) is 11.7. The molecule has 0 bridgehead atoms. The van der Waals surface area contributed by atoms with Crippen molar-refractivity contribution in [1.29, 1.82) is 0 Å². The van der Waals surface area contributed by atoms with Crippen LogP contribution in [-0.2, 0) is 6.42 Å². The molecule has 0 unspecified atom stereocenters. The average Bonchev–Trinajstić information content (AvgIpc) is 3.56. The summed E-state index contributed by atoms with van der Waals surface area (Å²) in [7, 11) is 0. The topological polar surface area (TPSA) is 128 Å². The van der Waals surface area contributed by atoms with E-state index in [0.29, 0.717) is 28.0 Å². The maximum atomic E-state index is 12.6. The number of aromatic nitrogens is 3. The number of hydrogen-bond donors (Lipinski definition) is 2. The number of non-ortho nitro benzene ring substituents is 1. The van der Waals surface area contributed by atoms with E-state index in [-0.39, 0.29) is 16.6 Å². The van der Waals surface area contributed by atoms with Crippen molar-refractivity contribution in [3.63, 3.8) is 0 Å². The number of fused-ring (bicyclic) bond motifs is 1. The summed E-state index contributed by atoms with van der Waals surface area (Å²) in [4.78, 5) is 24.7. The van der Waals surface area contributed by atoms with Crippen LogP contribution in [-0.4, -0.2) is 30.9 Å². The van der Waals surface area contributed by atoms with Gasteiger partial charge in [0.1, 0.15) is 16.8 Å². The lowest BCUT2D eigenvalue weighted by atomic mass is 10.1. The number of rotatable bonds is 6. The Bertz CT molecular complexity index is 1640. The van der Waals surface area contributed by atoms with Crippen molar-refractivity contribution >= 4 is 45.6 Å². The van der Waals surface area contributed by atoms with Crippen LogP contribution in [0.15, 0.2) is 83.3 Å². The minimum absolute atomic E-state index is 0.0122. The maximum absolute atomic E-state index is 12.6. The molecule has 2 heterocycles. The zero-order valence-corrected chi connectivity index (χ0v) is 20.4. The predicted molar refractivity (Wildman–Crippen MR) is 143 cm³/mol. The summed E-state index contributed by atoms with van der Waals surface area (Å²) < 4.78 is 5.59. The van der Waals surface area contributed by atoms with Gasteiger partial charge in [-0.2, -0.15) is 4.80 Å². The highest BCUT2D eigenvalue weighted by atomic mass is 32.1. The van der Waals surface area contributed by atoms with Crippen LogP contribution in [0.3, 0.4) is 0 Å². The van der Waals surface area contributed by atoms with Crippen molar-refractivity contribution in [2.75, 3.05) is 5.32 Å². The molecular weight excluding hydrogens is 492 g/mol. The second-order valence-corrected chi connectivity index (χ2v) is 8.50. The van der Waals surface area contributed by atoms with Gasteiger partial charge in [0.05, 0.1) is 10.6 Å². The number of nitrogens with one attached hydrogen (secondary N) is 2. The lowest BCUT2D eigenvalue weighted by molar-refractivity contribution is -0.384. The Morgan fingerprint density at radius 3 is 2.57 bits per heavy atom. The molecule has 0 atom stereocenters. The van der Waals surface area contributed by atoms with Crippen molar-refractivity contribution in [1.82, 2.24) is 20.3 Å². The Kier molecular flexibility index (Phi) is 6.43. The van der Waals surface area contributed by atoms with Crippen LogP contribution in [0.5, 0.6) is 0 Å². The van der Waals surface area contributed by atoms with Gasteiger partial charge in [-0.15, -0.1) is 10.2 Å². The first-order chi connectivity index (χ1) is 17.9. The SMILES string of the molecule is CCc1ccc(-n2nc3ccc(NC(=S)NC(=O)c4ccc(-c5cccc([N+](=O)[O-])c5)o4)cc3n2)cc1. The molecule has 2 N–H and O–H groups in total. The number of carbonyl (C=O) groups excluding carboxylic acids is 1. The number of nitro groups is 1. The van der Waals surface area contributed by atoms with E-state index < -0.39 is 10.8 Å². The molecule has 2 aromatic heterocycles. The maximum Gasteiger partial charge on any atom is 0.293 e. The summed E-state index contributed by atoms with van der Waals surface area (Å²) in [5.74, 6) is -0.222. The van der Waals surface area contributed by atoms with Gasteiger partial charge in [-0.25, -0.2) is 0 Å². The van der Waals surface area contributed by atoms with Crippen molar-refractivity contribution in [3.05, 3.63) is 100 Å². The van der Waals surface area contributed by atoms with Gasteiger partial charge in [0.25, 0.3) is 11.6 Å². The van der Waals surface area contributed by atoms with E-state index in [9.17, 15) is 14.9 Å². The van der Waals surface area contributed by atoms with Crippen molar-refractivity contribution in [2.24, 2.45) is 0 Å². The van der Waals surface area contributed by atoms with E-state index in [1.54, 1.807) is 35.1 Å². The normalized spacial score (nSPS) is 10.8. The highest BCUT2D eigenvalue weighted by molar-refractivity contribution is 7.80. The number of nitrogens with zero attached hydrogens (tertiary/aromatic N) is 4. The Hall–Kier alpha value is -4.90. The van der Waals surface area contributed by atoms with Crippen molar-refractivity contribution in [3.8, 4) is 17.0 Å². The summed E-state index contributed by atoms with van der Waals surface area (Å²) in [5, 5.41) is 25.7. The number of furan rings is 1. The number of hydrogen-bond acceptors (Lipinski definition) is 7. The monoisotopic (exact) mass is 512 g/mol. The number of carbonyl (C=O) groups is 1. The highest BCUT2D eigenvalue weighted by Crippen LogP contribution is 2.26. The predicted octanol–water partition coefficient (Wildman–Crippen LogP) is 5.28. The molecule has 5 aromatic rings. The number of amides is 1. The smallest absolute Gasteiger partial charge is 0.293 e. The minimum Gasteiger partial charge on any atom is -0.451 e. The third kappa shape index (κ3) is 5.21. The fourth-order valence-corrected chi connectivity index (χ4v) is 3.90. The third-order valence-electron chi connectivity index (χ3n) is 5.61. The van der Waals surface area contributed by atoms with E-state index in [4.69, 9.17) is 16.6 Å². The van der Waals surface area contributed by atoms with Gasteiger partial charge in [-0.1, -0.05) is 31.2 Å². The molecule has 0 saturated heterocycles. The quantitative estimate of drug-likeness (QED) is 0.179. The molecular formula is C26H20N6O4S. The van der Waals surface area contributed by atoms with E-state index >= 15 is 0 Å². The van der Waals surface area contributed by atoms with Gasteiger partial charge < -0.3 is 9.73 Å². The molecule has 3 aromatic carbocycles. The first kappa shape index (κ1) is 23.8. The van der Waals surface area contributed by atoms with Crippen LogP contribution in [0.4, 0.5) is 11.4 Å². The minimum atomic E-state index is -0.559. The Labute approximate surface area is 216 Å². The van der Waals surface area contributed by atoms with E-state index in [1.807, 2.05) is 30.3 Å². The van der Waals surface area contributed by atoms with Crippen LogP contribution in [0.2, 0.25) is 0 Å². The lowest BCUT2D eigenvalue weighted by Gasteiger charge is -2.08. The fourth-order valence-electron chi connectivity index (χ4n) is 3.69. The van der Waals surface area contributed by atoms with Crippen LogP contribution >= 0.6 is 12.2 Å². The largest absolute Gasteiger partial charge is 0.451 e. The van der Waals surface area contributed by atoms with Gasteiger partial charge >= 0.3 is 0 Å². The molecule has 10 nitrogen and oxygen atoms in total. The van der Waals surface area contributed by atoms with Crippen LogP contribution < -0.4 is 10.6 Å². The highest BCUT2D eigenvalue weighted by Gasteiger charge is 2.16. The molecule has 0 saturated carbocycles. The summed E-state index contributed by atoms with van der Waals surface area (Å²) in [5.41, 5.74) is 4.50. The Morgan fingerprint density at radius 1 is 1.03 bits per heavy atom. The molecule has 184 valence electrons. The summed E-state index contributed by atoms with van der Waals surface area (Å²) in [6, 6.07) is 22.4. The number of thiocarbonyl (C=S) groups is 1. The Balaban J connectivity index is 1.25. The fraction of sp³-hybridized carbons (Fsp3) is 0.0769. The number of benzene rings is 3. The van der Waals surface area contributed by atoms with E-state index in [1.165, 1.54) is 23.8 Å². The van der Waals surface area contributed by atoms with Crippen molar-refractivity contribution < 1.29 is 14.1 Å². The molecule has 0 spiro atoms. The van der Waals surface area contributed by atoms with Gasteiger partial charge in [0.15, 0.2) is 10.9 Å². The van der Waals surface area contributed by atoms with Gasteiger partial charge in [0.2, 0.25) is 0 Å². The van der Waals surface area contributed by atoms with Crippen LogP contribution in [0.25, 0.3) is 28.0 Å². The lowest BCUT2D eigenvalue weighted by Crippen LogP contribution is -2.33. The van der Waals surface area contributed by atoms with Gasteiger partial charge in [0, 0.05) is 23.4 Å². The van der Waals surface area contributed by atoms with E-state index in [2.05, 4.69) is 27.8 Å². The molecule has 37 heavy (non-hydrogen) atoms. The second-order valence-electron chi connectivity index (χ2n) is 8.09. The first-order valence-electron chi connectivity index (χ1n) is 11.3. The summed E-state index contributed by atoms with van der Waals surface area (Å²) >= 11 is 5.29. The van der Waals surface area contributed by atoms with Gasteiger partial charge in [-0.3, -0.25) is 20.2 Å². The standard InChI is InChI=1S/C26H20N6O4S/c1-2-16-6-9-19(10-7-16)31-29-21-11-8-18(15-22(21)30-31)27-26(37)28-25(33)24-13-12-23(36-24)17-4-3-5-20(14-17)32(34)35/h3-15H,2H2,1H3,(H2,27,28,33,37). The summed E-state index contributed by atoms with van der Waals surface area (Å²) in [6.45, 7) is 2.10. The molecule has 5 rings (SSSR count). The Morgan fingerprint density at radius 2 is 1.81 bits per heavy atom. The molecule has 0 aliphatic heterocycles. The number of anilines is 1. The van der Waals surface area contributed by atoms with Crippen LogP contribution in [0.1, 0.15) is 23.0 Å². The molecule has 0 radical (unpaired) electrons. The van der Waals surface area contributed by atoms with Gasteiger partial charge in [-0.05, 0) is 66.7 Å². The van der Waals surface area contributed by atoms with Crippen LogP contribution in [0, 0.1) is 10.1 Å². The molecule has 0 fully saturated rings. The molecule has 11 heteroatoms. The second kappa shape index (κ2) is 9.99. The zero-order valence-electron chi connectivity index (χ0n) is 19.5. The number of aryl methyl sites for hydroxylation is 1.